The lowest BCUT2D eigenvalue weighted by Crippen LogP contribution is -2.86. The maximum Gasteiger partial charge on any atom is 0.322 e. The second-order valence-electron chi connectivity index (χ2n) is 7.70. The third kappa shape index (κ3) is 3.22. The molecule has 2 aliphatic rings. The summed E-state index contributed by atoms with van der Waals surface area (Å²) >= 11 is 0. The highest BCUT2D eigenvalue weighted by Gasteiger charge is 2.68. The molecule has 3 amide bonds. The number of aliphatic hydroxyl groups excluding tert-OH is 1. The number of para-hydroxylation sites is 1. The molecule has 30 heavy (non-hydrogen) atoms. The molecule has 2 saturated heterocycles. The van der Waals surface area contributed by atoms with E-state index in [0.717, 1.165) is 5.56 Å². The second-order valence-corrected chi connectivity index (χ2v) is 7.70. The first kappa shape index (κ1) is 20.3. The zero-order chi connectivity index (χ0) is 21.3. The Labute approximate surface area is 174 Å². The summed E-state index contributed by atoms with van der Waals surface area (Å²) in [7, 11) is 1.45. The van der Waals surface area contributed by atoms with E-state index in [2.05, 4.69) is 5.32 Å². The topological polar surface area (TPSA) is 82.1 Å². The van der Waals surface area contributed by atoms with E-state index in [0.29, 0.717) is 13.1 Å². The number of benzene rings is 2. The standard InChI is InChI=1S/C22H24FN3O4/c1-30-12-19(28)26-18(11-27)20(15-7-3-2-4-8-15)22(26)13-25(14-22)21(29)24-17-10-6-5-9-16(17)23/h2-10,18,20,27H,11-14H2,1H3,(H,24,29)/t18-,20+/m1/s1. The number of carbonyl (C=O) groups is 2. The number of anilines is 1. The lowest BCUT2D eigenvalue weighted by atomic mass is 9.60. The second kappa shape index (κ2) is 8.04. The Kier molecular flexibility index (Phi) is 5.44. The monoisotopic (exact) mass is 413 g/mol. The van der Waals surface area contributed by atoms with E-state index in [9.17, 15) is 19.1 Å². The Morgan fingerprint density at radius 3 is 2.47 bits per heavy atom. The summed E-state index contributed by atoms with van der Waals surface area (Å²) in [4.78, 5) is 28.6. The molecule has 7 nitrogen and oxygen atoms in total. The maximum atomic E-state index is 13.9. The Morgan fingerprint density at radius 1 is 1.17 bits per heavy atom. The van der Waals surface area contributed by atoms with Gasteiger partial charge in [-0.15, -0.1) is 0 Å². The van der Waals surface area contributed by atoms with Gasteiger partial charge in [-0.05, 0) is 17.7 Å². The Balaban J connectivity index is 1.55. The Bertz CT molecular complexity index is 933. The minimum Gasteiger partial charge on any atom is -0.394 e. The van der Waals surface area contributed by atoms with Gasteiger partial charge in [-0.2, -0.15) is 0 Å². The normalized spacial score (nSPS) is 21.7. The van der Waals surface area contributed by atoms with Crippen molar-refractivity contribution in [2.45, 2.75) is 17.5 Å². The molecule has 0 unspecified atom stereocenters. The fourth-order valence-electron chi connectivity index (χ4n) is 4.78. The summed E-state index contributed by atoms with van der Waals surface area (Å²) in [5.41, 5.74) is 0.501. The first-order chi connectivity index (χ1) is 14.5. The molecule has 0 radical (unpaired) electrons. The number of carbonyl (C=O) groups excluding carboxylic acids is 2. The number of hydrogen-bond acceptors (Lipinski definition) is 4. The van der Waals surface area contributed by atoms with Crippen molar-refractivity contribution in [2.75, 3.05) is 38.7 Å². The van der Waals surface area contributed by atoms with Crippen molar-refractivity contribution in [1.29, 1.82) is 0 Å². The number of amides is 3. The third-order valence-electron chi connectivity index (χ3n) is 5.99. The zero-order valence-corrected chi connectivity index (χ0v) is 16.6. The summed E-state index contributed by atoms with van der Waals surface area (Å²) in [5, 5.41) is 12.6. The quantitative estimate of drug-likeness (QED) is 0.786. The van der Waals surface area contributed by atoms with Crippen molar-refractivity contribution >= 4 is 17.6 Å². The number of methoxy groups -OCH3 is 1. The van der Waals surface area contributed by atoms with Crippen LogP contribution in [-0.2, 0) is 9.53 Å². The molecule has 2 heterocycles. The number of hydrogen-bond donors (Lipinski definition) is 2. The van der Waals surface area contributed by atoms with Crippen LogP contribution in [0.1, 0.15) is 11.5 Å². The summed E-state index contributed by atoms with van der Waals surface area (Å²) in [6.45, 7) is 0.303. The van der Waals surface area contributed by atoms with Gasteiger partial charge in [0.15, 0.2) is 0 Å². The van der Waals surface area contributed by atoms with Crippen LogP contribution in [0, 0.1) is 5.82 Å². The molecule has 2 atom stereocenters. The van der Waals surface area contributed by atoms with Gasteiger partial charge in [0.2, 0.25) is 5.91 Å². The van der Waals surface area contributed by atoms with E-state index in [1.165, 1.54) is 19.2 Å². The van der Waals surface area contributed by atoms with Crippen LogP contribution < -0.4 is 5.32 Å². The third-order valence-corrected chi connectivity index (χ3v) is 5.99. The van der Waals surface area contributed by atoms with Crippen LogP contribution in [0.25, 0.3) is 0 Å². The number of urea groups is 1. The van der Waals surface area contributed by atoms with Crippen LogP contribution in [0.4, 0.5) is 14.9 Å². The molecule has 8 heteroatoms. The maximum absolute atomic E-state index is 13.9. The Morgan fingerprint density at radius 2 is 1.83 bits per heavy atom. The first-order valence-corrected chi connectivity index (χ1v) is 9.79. The lowest BCUT2D eigenvalue weighted by molar-refractivity contribution is -0.195. The molecular formula is C22H24FN3O4. The average molecular weight is 413 g/mol. The van der Waals surface area contributed by atoms with Crippen molar-refractivity contribution in [3.8, 4) is 0 Å². The highest BCUT2D eigenvalue weighted by molar-refractivity contribution is 5.91. The first-order valence-electron chi connectivity index (χ1n) is 9.79. The molecule has 0 aliphatic carbocycles. The number of likely N-dealkylation sites (tertiary alicyclic amines) is 2. The van der Waals surface area contributed by atoms with Crippen LogP contribution in [0.2, 0.25) is 0 Å². The molecule has 1 spiro atoms. The molecular weight excluding hydrogens is 389 g/mol. The van der Waals surface area contributed by atoms with Gasteiger partial charge in [0.05, 0.1) is 23.9 Å². The smallest absolute Gasteiger partial charge is 0.322 e. The molecule has 2 aromatic carbocycles. The van der Waals surface area contributed by atoms with Gasteiger partial charge >= 0.3 is 6.03 Å². The van der Waals surface area contributed by atoms with Gasteiger partial charge in [0.25, 0.3) is 0 Å². The zero-order valence-electron chi connectivity index (χ0n) is 16.6. The van der Waals surface area contributed by atoms with Gasteiger partial charge in [-0.3, -0.25) is 4.79 Å². The van der Waals surface area contributed by atoms with E-state index < -0.39 is 17.4 Å². The number of aliphatic hydroxyl groups is 1. The molecule has 0 aromatic heterocycles. The van der Waals surface area contributed by atoms with Gasteiger partial charge in [-0.1, -0.05) is 42.5 Å². The predicted molar refractivity (Wildman–Crippen MR) is 109 cm³/mol. The molecule has 2 N–H and O–H groups in total. The SMILES string of the molecule is COCC(=O)N1[C@H](CO)[C@H](c2ccccc2)C12CN(C(=O)Nc1ccccc1F)C2. The van der Waals surface area contributed by atoms with Gasteiger partial charge in [0, 0.05) is 26.1 Å². The van der Waals surface area contributed by atoms with E-state index in [-0.39, 0.29) is 36.8 Å². The van der Waals surface area contributed by atoms with Crippen molar-refractivity contribution in [3.63, 3.8) is 0 Å². The van der Waals surface area contributed by atoms with Crippen LogP contribution in [0.3, 0.4) is 0 Å². The van der Waals surface area contributed by atoms with Crippen LogP contribution in [0.5, 0.6) is 0 Å². The molecule has 0 saturated carbocycles. The molecule has 4 rings (SSSR count). The lowest BCUT2D eigenvalue weighted by Gasteiger charge is -2.70. The largest absolute Gasteiger partial charge is 0.394 e. The minimum atomic E-state index is -0.614. The predicted octanol–water partition coefficient (Wildman–Crippen LogP) is 2.05. The molecule has 2 aliphatic heterocycles. The van der Waals surface area contributed by atoms with E-state index in [1.807, 2.05) is 30.3 Å². The molecule has 2 fully saturated rings. The fraction of sp³-hybridized carbons (Fsp3) is 0.364. The Hall–Kier alpha value is -2.97. The van der Waals surface area contributed by atoms with E-state index in [4.69, 9.17) is 4.74 Å². The van der Waals surface area contributed by atoms with Crippen molar-refractivity contribution < 1.29 is 23.8 Å². The number of halogens is 1. The summed E-state index contributed by atoms with van der Waals surface area (Å²) in [6.07, 6.45) is 0. The molecule has 2 aromatic rings. The van der Waals surface area contributed by atoms with Crippen molar-refractivity contribution in [3.05, 3.63) is 66.0 Å². The minimum absolute atomic E-state index is 0.0960. The van der Waals surface area contributed by atoms with Gasteiger partial charge in [0.1, 0.15) is 12.4 Å². The van der Waals surface area contributed by atoms with Crippen LogP contribution in [-0.4, -0.2) is 71.8 Å². The van der Waals surface area contributed by atoms with E-state index in [1.54, 1.807) is 21.9 Å². The summed E-state index contributed by atoms with van der Waals surface area (Å²) in [5.74, 6) is -0.843. The number of rotatable bonds is 5. The molecule has 0 bridgehead atoms. The highest BCUT2D eigenvalue weighted by Crippen LogP contribution is 2.53. The summed E-state index contributed by atoms with van der Waals surface area (Å²) in [6, 6.07) is 14.8. The molecule has 158 valence electrons. The summed E-state index contributed by atoms with van der Waals surface area (Å²) < 4.78 is 18.9. The van der Waals surface area contributed by atoms with Crippen LogP contribution in [0.15, 0.2) is 54.6 Å². The van der Waals surface area contributed by atoms with E-state index >= 15 is 0 Å². The van der Waals surface area contributed by atoms with Crippen molar-refractivity contribution in [2.24, 2.45) is 0 Å². The fourth-order valence-corrected chi connectivity index (χ4v) is 4.78. The number of ether oxygens (including phenoxy) is 1. The number of nitrogens with zero attached hydrogens (tertiary/aromatic N) is 2. The van der Waals surface area contributed by atoms with Crippen molar-refractivity contribution in [1.82, 2.24) is 9.80 Å². The average Bonchev–Trinajstić information content (AvgIpc) is 2.69. The number of nitrogens with one attached hydrogen (secondary N) is 1. The van der Waals surface area contributed by atoms with Gasteiger partial charge < -0.3 is 25.0 Å². The highest BCUT2D eigenvalue weighted by atomic mass is 19.1. The van der Waals surface area contributed by atoms with Crippen LogP contribution >= 0.6 is 0 Å². The van der Waals surface area contributed by atoms with Gasteiger partial charge in [-0.25, -0.2) is 9.18 Å².